The predicted molar refractivity (Wildman–Crippen MR) is 64.2 cm³/mol. The highest BCUT2D eigenvalue weighted by Crippen LogP contribution is 2.35. The van der Waals surface area contributed by atoms with Gasteiger partial charge < -0.3 is 9.84 Å². The van der Waals surface area contributed by atoms with E-state index in [-0.39, 0.29) is 0 Å². The topological polar surface area (TPSA) is 46.5 Å². The van der Waals surface area contributed by atoms with Crippen molar-refractivity contribution in [2.24, 2.45) is 0 Å². The fourth-order valence-electron chi connectivity index (χ4n) is 1.58. The number of carboxylic acid groups (broad SMARTS) is 1. The van der Waals surface area contributed by atoms with E-state index in [1.165, 1.54) is 18.4 Å². The number of halogens is 1. The zero-order valence-electron chi connectivity index (χ0n) is 8.44. The molecule has 0 aliphatic heterocycles. The summed E-state index contributed by atoms with van der Waals surface area (Å²) < 4.78 is 4.97. The quantitative estimate of drug-likeness (QED) is 0.916. The molecule has 1 aromatic carbocycles. The third-order valence-corrected chi connectivity index (χ3v) is 3.69. The molecular formula is C11H9ClO3S. The molecule has 0 aliphatic rings. The van der Waals surface area contributed by atoms with E-state index in [2.05, 4.69) is 0 Å². The summed E-state index contributed by atoms with van der Waals surface area (Å²) in [6, 6.07) is 5.43. The minimum atomic E-state index is -0.994. The number of rotatable bonds is 3. The highest BCUT2D eigenvalue weighted by molar-refractivity contribution is 7.12. The molecule has 1 N–H and O–H groups in total. The third-order valence-electron chi connectivity index (χ3n) is 2.32. The molecule has 1 heterocycles. The van der Waals surface area contributed by atoms with E-state index in [1.807, 2.05) is 11.4 Å². The second kappa shape index (κ2) is 4.41. The Bertz CT molecular complexity index is 535. The Morgan fingerprint density at radius 2 is 2.25 bits per heavy atom. The molecule has 0 bridgehead atoms. The number of carbonyl (C=O) groups is 1. The first kappa shape index (κ1) is 11.4. The summed E-state index contributed by atoms with van der Waals surface area (Å²) in [6.07, 6.45) is -0.930. The molecule has 0 saturated heterocycles. The van der Waals surface area contributed by atoms with Crippen molar-refractivity contribution in [3.8, 4) is 0 Å². The maximum absolute atomic E-state index is 11.0. The average molecular weight is 257 g/mol. The van der Waals surface area contributed by atoms with Crippen LogP contribution >= 0.6 is 22.9 Å². The molecule has 0 saturated carbocycles. The minimum Gasteiger partial charge on any atom is -0.479 e. The van der Waals surface area contributed by atoms with Gasteiger partial charge in [0.2, 0.25) is 0 Å². The summed E-state index contributed by atoms with van der Waals surface area (Å²) in [5, 5.41) is 13.2. The normalized spacial score (nSPS) is 12.9. The molecule has 2 aromatic rings. The van der Waals surface area contributed by atoms with Gasteiger partial charge in [0.15, 0.2) is 6.10 Å². The third kappa shape index (κ3) is 1.80. The number of aliphatic carboxylic acids is 1. The standard InChI is InChI=1S/C11H9ClO3S/c1-15-9(11(13)14)10-6-3-2-4-8(12)7(6)5-16-10/h2-5,9H,1H3,(H,13,14). The molecule has 1 aromatic heterocycles. The van der Waals surface area contributed by atoms with E-state index >= 15 is 0 Å². The van der Waals surface area contributed by atoms with Crippen molar-refractivity contribution >= 4 is 39.7 Å². The number of carboxylic acids is 1. The number of methoxy groups -OCH3 is 1. The maximum Gasteiger partial charge on any atom is 0.338 e. The van der Waals surface area contributed by atoms with Gasteiger partial charge in [-0.15, -0.1) is 11.3 Å². The van der Waals surface area contributed by atoms with Gasteiger partial charge in [0.05, 0.1) is 4.88 Å². The molecule has 0 radical (unpaired) electrons. The van der Waals surface area contributed by atoms with Crippen LogP contribution in [0, 0.1) is 0 Å². The molecule has 0 spiro atoms. The molecule has 3 nitrogen and oxygen atoms in total. The number of hydrogen-bond acceptors (Lipinski definition) is 3. The second-order valence-corrected chi connectivity index (χ2v) is 4.57. The molecular weight excluding hydrogens is 248 g/mol. The fraction of sp³-hybridized carbons (Fsp3) is 0.182. The Labute approximate surface area is 101 Å². The number of ether oxygens (including phenoxy) is 1. The van der Waals surface area contributed by atoms with Crippen molar-refractivity contribution in [2.75, 3.05) is 7.11 Å². The molecule has 1 unspecified atom stereocenters. The molecule has 16 heavy (non-hydrogen) atoms. The lowest BCUT2D eigenvalue weighted by Gasteiger charge is -2.08. The summed E-state index contributed by atoms with van der Waals surface area (Å²) >= 11 is 7.36. The van der Waals surface area contributed by atoms with Gasteiger partial charge in [-0.05, 0) is 6.07 Å². The van der Waals surface area contributed by atoms with Crippen LogP contribution in [0.3, 0.4) is 0 Å². The van der Waals surface area contributed by atoms with Crippen molar-refractivity contribution < 1.29 is 14.6 Å². The number of fused-ring (bicyclic) bond motifs is 1. The lowest BCUT2D eigenvalue weighted by atomic mass is 10.1. The van der Waals surface area contributed by atoms with Crippen LogP contribution in [-0.4, -0.2) is 18.2 Å². The first-order chi connectivity index (χ1) is 7.65. The molecule has 1 atom stereocenters. The van der Waals surface area contributed by atoms with Gasteiger partial charge >= 0.3 is 5.97 Å². The summed E-state index contributed by atoms with van der Waals surface area (Å²) in [5.41, 5.74) is 0. The van der Waals surface area contributed by atoms with Crippen LogP contribution in [0.15, 0.2) is 23.6 Å². The molecule has 2 rings (SSSR count). The first-order valence-corrected chi connectivity index (χ1v) is 5.82. The second-order valence-electron chi connectivity index (χ2n) is 3.26. The van der Waals surface area contributed by atoms with Crippen molar-refractivity contribution in [3.63, 3.8) is 0 Å². The molecule has 5 heteroatoms. The van der Waals surface area contributed by atoms with Gasteiger partial charge in [0.25, 0.3) is 0 Å². The SMILES string of the molecule is COC(C(=O)O)c1scc2c(Cl)cccc12. The van der Waals surface area contributed by atoms with E-state index in [0.29, 0.717) is 9.90 Å². The van der Waals surface area contributed by atoms with Crippen LogP contribution in [0.4, 0.5) is 0 Å². The van der Waals surface area contributed by atoms with E-state index in [4.69, 9.17) is 21.4 Å². The average Bonchev–Trinajstić information content (AvgIpc) is 2.64. The van der Waals surface area contributed by atoms with E-state index in [0.717, 1.165) is 10.8 Å². The Morgan fingerprint density at radius 3 is 2.88 bits per heavy atom. The van der Waals surface area contributed by atoms with Gasteiger partial charge in [0.1, 0.15) is 0 Å². The maximum atomic E-state index is 11.0. The van der Waals surface area contributed by atoms with E-state index in [1.54, 1.807) is 12.1 Å². The monoisotopic (exact) mass is 256 g/mol. The van der Waals surface area contributed by atoms with Crippen LogP contribution in [-0.2, 0) is 9.53 Å². The van der Waals surface area contributed by atoms with Crippen LogP contribution in [0.1, 0.15) is 11.0 Å². The number of thiophene rings is 1. The van der Waals surface area contributed by atoms with Crippen molar-refractivity contribution in [1.29, 1.82) is 0 Å². The first-order valence-electron chi connectivity index (χ1n) is 4.56. The minimum absolute atomic E-state index is 0.625. The van der Waals surface area contributed by atoms with Crippen molar-refractivity contribution in [3.05, 3.63) is 33.5 Å². The van der Waals surface area contributed by atoms with Crippen LogP contribution in [0.2, 0.25) is 5.02 Å². The molecule has 84 valence electrons. The molecule has 0 fully saturated rings. The number of benzene rings is 1. The zero-order valence-corrected chi connectivity index (χ0v) is 10.0. The van der Waals surface area contributed by atoms with Gasteiger partial charge in [-0.25, -0.2) is 4.79 Å². The zero-order chi connectivity index (χ0) is 11.7. The molecule has 0 aliphatic carbocycles. The van der Waals surface area contributed by atoms with Gasteiger partial charge in [-0.2, -0.15) is 0 Å². The smallest absolute Gasteiger partial charge is 0.338 e. The van der Waals surface area contributed by atoms with Crippen molar-refractivity contribution in [1.82, 2.24) is 0 Å². The summed E-state index contributed by atoms with van der Waals surface area (Å²) in [5.74, 6) is -0.994. The highest BCUT2D eigenvalue weighted by atomic mass is 35.5. The van der Waals surface area contributed by atoms with E-state index in [9.17, 15) is 4.79 Å². The van der Waals surface area contributed by atoms with Crippen molar-refractivity contribution in [2.45, 2.75) is 6.10 Å². The Balaban J connectivity index is 2.61. The lowest BCUT2D eigenvalue weighted by molar-refractivity contribution is -0.148. The van der Waals surface area contributed by atoms with Crippen LogP contribution < -0.4 is 0 Å². The van der Waals surface area contributed by atoms with E-state index < -0.39 is 12.1 Å². The summed E-state index contributed by atoms with van der Waals surface area (Å²) in [6.45, 7) is 0. The van der Waals surface area contributed by atoms with Crippen LogP contribution in [0.25, 0.3) is 10.8 Å². The number of hydrogen-bond donors (Lipinski definition) is 1. The van der Waals surface area contributed by atoms with Gasteiger partial charge in [-0.1, -0.05) is 23.7 Å². The fourth-order valence-corrected chi connectivity index (χ4v) is 3.00. The van der Waals surface area contributed by atoms with Gasteiger partial charge in [-0.3, -0.25) is 0 Å². The Hall–Kier alpha value is -1.10. The Morgan fingerprint density at radius 1 is 1.50 bits per heavy atom. The van der Waals surface area contributed by atoms with Gasteiger partial charge in [0, 0.05) is 28.3 Å². The largest absolute Gasteiger partial charge is 0.479 e. The highest BCUT2D eigenvalue weighted by Gasteiger charge is 2.23. The predicted octanol–water partition coefficient (Wildman–Crippen LogP) is 3.33. The van der Waals surface area contributed by atoms with Crippen LogP contribution in [0.5, 0.6) is 0 Å². The summed E-state index contributed by atoms with van der Waals surface area (Å²) in [7, 11) is 1.38. The summed E-state index contributed by atoms with van der Waals surface area (Å²) in [4.78, 5) is 11.7. The molecule has 0 amide bonds. The lowest BCUT2D eigenvalue weighted by Crippen LogP contribution is -2.12. The Kier molecular flexibility index (Phi) is 3.14.